The van der Waals surface area contributed by atoms with Gasteiger partial charge in [-0.05, 0) is 62.4 Å². The normalized spacial score (nSPS) is 14.1. The van der Waals surface area contributed by atoms with Crippen molar-refractivity contribution < 1.29 is 9.53 Å². The van der Waals surface area contributed by atoms with Gasteiger partial charge in [-0.1, -0.05) is 23.7 Å². The van der Waals surface area contributed by atoms with E-state index in [-0.39, 0.29) is 6.04 Å². The maximum Gasteiger partial charge on any atom is 0.218 e. The van der Waals surface area contributed by atoms with Crippen molar-refractivity contribution in [2.75, 3.05) is 19.1 Å². The number of ether oxygens (including phenoxy) is 1. The van der Waals surface area contributed by atoms with E-state index in [1.165, 1.54) is 0 Å². The third-order valence-electron chi connectivity index (χ3n) is 4.74. The van der Waals surface area contributed by atoms with Gasteiger partial charge in [0.25, 0.3) is 0 Å². The number of rotatable bonds is 7. The SMILES string of the molecule is C/N=C(/NC(C)C)c1c(OC)cc(C2CC2)cc1N(C=O)c1ccccc1Cl. The highest BCUT2D eigenvalue weighted by Gasteiger charge is 2.29. The number of halogens is 1. The Morgan fingerprint density at radius 2 is 2.00 bits per heavy atom. The van der Waals surface area contributed by atoms with Gasteiger partial charge in [0.05, 0.1) is 29.1 Å². The number of methoxy groups -OCH3 is 1. The fourth-order valence-electron chi connectivity index (χ4n) is 3.28. The summed E-state index contributed by atoms with van der Waals surface area (Å²) in [5.74, 6) is 1.86. The van der Waals surface area contributed by atoms with Crippen molar-refractivity contribution in [2.45, 2.75) is 38.6 Å². The molecule has 1 amide bonds. The van der Waals surface area contributed by atoms with Gasteiger partial charge in [-0.2, -0.15) is 0 Å². The standard InChI is InChI=1S/C22H26ClN3O2/c1-14(2)25-22(24-3)21-19(11-16(15-9-10-15)12-20(21)28-4)26(13-27)18-8-6-5-7-17(18)23/h5-8,11-15H,9-10H2,1-4H3,(H,24,25). The Hall–Kier alpha value is -2.53. The van der Waals surface area contributed by atoms with Gasteiger partial charge in [-0.3, -0.25) is 14.7 Å². The van der Waals surface area contributed by atoms with E-state index >= 15 is 0 Å². The molecule has 0 bridgehead atoms. The molecule has 0 aliphatic heterocycles. The van der Waals surface area contributed by atoms with Crippen molar-refractivity contribution in [2.24, 2.45) is 4.99 Å². The van der Waals surface area contributed by atoms with E-state index in [1.807, 2.05) is 32.0 Å². The molecule has 1 fully saturated rings. The van der Waals surface area contributed by atoms with Gasteiger partial charge in [0.1, 0.15) is 11.6 Å². The Labute approximate surface area is 171 Å². The van der Waals surface area contributed by atoms with Crippen molar-refractivity contribution >= 4 is 35.2 Å². The van der Waals surface area contributed by atoms with Gasteiger partial charge in [-0.15, -0.1) is 0 Å². The van der Waals surface area contributed by atoms with Crippen LogP contribution in [0.15, 0.2) is 41.4 Å². The van der Waals surface area contributed by atoms with Gasteiger partial charge in [-0.25, -0.2) is 0 Å². The zero-order chi connectivity index (χ0) is 20.3. The Morgan fingerprint density at radius 3 is 2.54 bits per heavy atom. The van der Waals surface area contributed by atoms with E-state index in [0.717, 1.165) is 30.4 Å². The zero-order valence-corrected chi connectivity index (χ0v) is 17.5. The zero-order valence-electron chi connectivity index (χ0n) is 16.7. The highest BCUT2D eigenvalue weighted by atomic mass is 35.5. The lowest BCUT2D eigenvalue weighted by Gasteiger charge is -2.26. The minimum atomic E-state index is 0.171. The lowest BCUT2D eigenvalue weighted by Crippen LogP contribution is -2.33. The Bertz CT molecular complexity index is 891. The van der Waals surface area contributed by atoms with E-state index in [1.54, 1.807) is 25.1 Å². The average molecular weight is 400 g/mol. The van der Waals surface area contributed by atoms with Crippen LogP contribution >= 0.6 is 11.6 Å². The number of benzene rings is 2. The maximum absolute atomic E-state index is 12.2. The summed E-state index contributed by atoms with van der Waals surface area (Å²) in [5.41, 5.74) is 3.23. The summed E-state index contributed by atoms with van der Waals surface area (Å²) >= 11 is 6.41. The fraction of sp³-hybridized carbons (Fsp3) is 0.364. The van der Waals surface area contributed by atoms with E-state index in [0.29, 0.717) is 33.9 Å². The molecule has 5 nitrogen and oxygen atoms in total. The van der Waals surface area contributed by atoms with E-state index in [4.69, 9.17) is 16.3 Å². The van der Waals surface area contributed by atoms with Crippen molar-refractivity contribution in [1.82, 2.24) is 5.32 Å². The second kappa shape index (κ2) is 8.65. The number of aliphatic imine (C=N–C) groups is 1. The molecule has 6 heteroatoms. The quantitative estimate of drug-likeness (QED) is 0.409. The first kappa shape index (κ1) is 20.2. The summed E-state index contributed by atoms with van der Waals surface area (Å²) in [5, 5.41) is 3.87. The number of carbonyl (C=O) groups is 1. The molecule has 3 rings (SSSR count). The first-order chi connectivity index (χ1) is 13.5. The first-order valence-electron chi connectivity index (χ1n) is 9.44. The van der Waals surface area contributed by atoms with Crippen LogP contribution in [0.3, 0.4) is 0 Å². The molecular formula is C22H26ClN3O2. The molecule has 0 unspecified atom stereocenters. The molecule has 1 saturated carbocycles. The molecule has 0 radical (unpaired) electrons. The van der Waals surface area contributed by atoms with Gasteiger partial charge in [0.2, 0.25) is 6.41 Å². The Balaban J connectivity index is 2.25. The minimum Gasteiger partial charge on any atom is -0.496 e. The number of para-hydroxylation sites is 1. The summed E-state index contributed by atoms with van der Waals surface area (Å²) < 4.78 is 5.73. The average Bonchev–Trinajstić information content (AvgIpc) is 3.53. The molecule has 0 aromatic heterocycles. The minimum absolute atomic E-state index is 0.171. The molecule has 148 valence electrons. The van der Waals surface area contributed by atoms with Gasteiger partial charge >= 0.3 is 0 Å². The van der Waals surface area contributed by atoms with Gasteiger partial charge in [0, 0.05) is 13.1 Å². The molecule has 0 saturated heterocycles. The summed E-state index contributed by atoms with van der Waals surface area (Å²) in [6.45, 7) is 4.09. The lowest BCUT2D eigenvalue weighted by molar-refractivity contribution is -0.106. The third-order valence-corrected chi connectivity index (χ3v) is 5.05. The van der Waals surface area contributed by atoms with Crippen LogP contribution in [-0.2, 0) is 4.79 Å². The number of hydrogen-bond acceptors (Lipinski definition) is 3. The van der Waals surface area contributed by atoms with E-state index in [9.17, 15) is 4.79 Å². The summed E-state index contributed by atoms with van der Waals surface area (Å²) in [7, 11) is 3.37. The molecule has 0 spiro atoms. The fourth-order valence-corrected chi connectivity index (χ4v) is 3.50. The third kappa shape index (κ3) is 4.14. The highest BCUT2D eigenvalue weighted by molar-refractivity contribution is 6.34. The van der Waals surface area contributed by atoms with E-state index in [2.05, 4.69) is 22.4 Å². The van der Waals surface area contributed by atoms with Crippen LogP contribution in [0.5, 0.6) is 5.75 Å². The van der Waals surface area contributed by atoms with Crippen LogP contribution < -0.4 is 15.0 Å². The van der Waals surface area contributed by atoms with Crippen LogP contribution in [0.4, 0.5) is 11.4 Å². The predicted octanol–water partition coefficient (Wildman–Crippen LogP) is 4.89. The van der Waals surface area contributed by atoms with Crippen LogP contribution in [0, 0.1) is 0 Å². The summed E-state index contributed by atoms with van der Waals surface area (Å²) in [6, 6.07) is 11.6. The van der Waals surface area contributed by atoms with Gasteiger partial charge in [0.15, 0.2) is 0 Å². The van der Waals surface area contributed by atoms with Crippen molar-refractivity contribution in [3.63, 3.8) is 0 Å². The van der Waals surface area contributed by atoms with Crippen molar-refractivity contribution in [3.05, 3.63) is 52.5 Å². The van der Waals surface area contributed by atoms with Crippen LogP contribution in [0.2, 0.25) is 5.02 Å². The molecule has 1 N–H and O–H groups in total. The van der Waals surface area contributed by atoms with E-state index < -0.39 is 0 Å². The molecule has 0 heterocycles. The van der Waals surface area contributed by atoms with Crippen LogP contribution in [-0.4, -0.2) is 32.4 Å². The van der Waals surface area contributed by atoms with Gasteiger partial charge < -0.3 is 10.1 Å². The lowest BCUT2D eigenvalue weighted by atomic mass is 10.0. The summed E-state index contributed by atoms with van der Waals surface area (Å²) in [4.78, 5) is 18.2. The number of anilines is 2. The molecule has 1 aliphatic carbocycles. The molecule has 2 aromatic carbocycles. The molecule has 0 atom stereocenters. The van der Waals surface area contributed by atoms with Crippen molar-refractivity contribution in [1.29, 1.82) is 0 Å². The Kier molecular flexibility index (Phi) is 6.25. The number of amidine groups is 1. The largest absolute Gasteiger partial charge is 0.496 e. The molecular weight excluding hydrogens is 374 g/mol. The number of amides is 1. The number of nitrogens with zero attached hydrogens (tertiary/aromatic N) is 2. The summed E-state index contributed by atoms with van der Waals surface area (Å²) in [6.07, 6.45) is 3.08. The number of hydrogen-bond donors (Lipinski definition) is 1. The predicted molar refractivity (Wildman–Crippen MR) is 115 cm³/mol. The topological polar surface area (TPSA) is 53.9 Å². The first-order valence-corrected chi connectivity index (χ1v) is 9.82. The van der Waals surface area contributed by atoms with Crippen molar-refractivity contribution in [3.8, 4) is 5.75 Å². The smallest absolute Gasteiger partial charge is 0.218 e. The number of carbonyl (C=O) groups excluding carboxylic acids is 1. The van der Waals surface area contributed by atoms with Crippen LogP contribution in [0.25, 0.3) is 0 Å². The molecule has 1 aliphatic rings. The number of nitrogens with one attached hydrogen (secondary N) is 1. The molecule has 28 heavy (non-hydrogen) atoms. The maximum atomic E-state index is 12.2. The van der Waals surface area contributed by atoms with Crippen LogP contribution in [0.1, 0.15) is 43.7 Å². The second-order valence-corrected chi connectivity index (χ2v) is 7.60. The Morgan fingerprint density at radius 1 is 1.29 bits per heavy atom. The second-order valence-electron chi connectivity index (χ2n) is 7.19. The highest BCUT2D eigenvalue weighted by Crippen LogP contribution is 2.45. The molecule has 2 aromatic rings. The monoisotopic (exact) mass is 399 g/mol.